The minimum Gasteiger partial charge on any atom is -0.456 e. The van der Waals surface area contributed by atoms with Crippen molar-refractivity contribution < 1.29 is 14.3 Å². The van der Waals surface area contributed by atoms with Gasteiger partial charge in [0.15, 0.2) is 12.4 Å². The summed E-state index contributed by atoms with van der Waals surface area (Å²) in [6.45, 7) is 5.17. The van der Waals surface area contributed by atoms with E-state index in [1.165, 1.54) is 0 Å². The molecule has 1 aromatic heterocycles. The van der Waals surface area contributed by atoms with Crippen LogP contribution in [0.4, 0.5) is 17.6 Å². The summed E-state index contributed by atoms with van der Waals surface area (Å²) in [6, 6.07) is 13.9. The number of carbonyl (C=O) groups is 2. The van der Waals surface area contributed by atoms with Gasteiger partial charge in [-0.3, -0.25) is 4.79 Å². The minimum absolute atomic E-state index is 0.00191. The van der Waals surface area contributed by atoms with Gasteiger partial charge in [-0.1, -0.05) is 35.9 Å². The maximum atomic E-state index is 12.3. The van der Waals surface area contributed by atoms with Crippen LogP contribution < -0.4 is 16.4 Å². The normalized spacial score (nSPS) is 11.5. The molecule has 2 aromatic carbocycles. The molecule has 0 radical (unpaired) electrons. The van der Waals surface area contributed by atoms with Crippen molar-refractivity contribution in [3.63, 3.8) is 0 Å². The maximum Gasteiger partial charge on any atom is 0.328 e. The number of hydrogen-bond donors (Lipinski definition) is 3. The Morgan fingerprint density at radius 1 is 1.06 bits per heavy atom. The number of nitrogens with two attached hydrogens (primary N) is 1. The molecule has 0 saturated heterocycles. The highest BCUT2D eigenvalue weighted by atomic mass is 16.5. The quantitative estimate of drug-likeness (QED) is 0.497. The molecule has 3 rings (SSSR count). The smallest absolute Gasteiger partial charge is 0.328 e. The molecule has 1 atom stereocenters. The Labute approximate surface area is 180 Å². The van der Waals surface area contributed by atoms with Crippen LogP contribution in [-0.2, 0) is 16.1 Å². The molecule has 9 heteroatoms. The summed E-state index contributed by atoms with van der Waals surface area (Å²) in [5.74, 6) is -0.545. The largest absolute Gasteiger partial charge is 0.456 e. The molecule has 9 nitrogen and oxygen atoms in total. The molecule has 0 saturated carbocycles. The van der Waals surface area contributed by atoms with Gasteiger partial charge in [-0.05, 0) is 44.5 Å². The molecule has 0 aliphatic heterocycles. The SMILES string of the molecule is Cc1cccc(C(=O)NC(C)C(=O)OCc2nc(N)nc(Nc3ccccc3C)n2)c1. The van der Waals surface area contributed by atoms with Crippen LogP contribution in [0.3, 0.4) is 0 Å². The molecule has 0 aliphatic rings. The molecule has 160 valence electrons. The van der Waals surface area contributed by atoms with Crippen LogP contribution in [0.1, 0.15) is 34.2 Å². The van der Waals surface area contributed by atoms with Crippen molar-refractivity contribution in [2.75, 3.05) is 11.1 Å². The van der Waals surface area contributed by atoms with Crippen molar-refractivity contribution in [3.8, 4) is 0 Å². The molecule has 0 aliphatic carbocycles. The number of aryl methyl sites for hydroxylation is 2. The molecule has 1 amide bonds. The first-order chi connectivity index (χ1) is 14.8. The van der Waals surface area contributed by atoms with Crippen LogP contribution >= 0.6 is 0 Å². The second-order valence-electron chi connectivity index (χ2n) is 7.05. The lowest BCUT2D eigenvalue weighted by atomic mass is 10.1. The third kappa shape index (κ3) is 5.99. The number of ether oxygens (including phenoxy) is 1. The first-order valence-electron chi connectivity index (χ1n) is 9.69. The van der Waals surface area contributed by atoms with E-state index in [1.54, 1.807) is 25.1 Å². The highest BCUT2D eigenvalue weighted by molar-refractivity contribution is 5.96. The average Bonchev–Trinajstić information content (AvgIpc) is 2.73. The highest BCUT2D eigenvalue weighted by Gasteiger charge is 2.19. The van der Waals surface area contributed by atoms with Gasteiger partial charge in [0, 0.05) is 11.3 Å². The van der Waals surface area contributed by atoms with E-state index in [0.29, 0.717) is 5.56 Å². The van der Waals surface area contributed by atoms with Gasteiger partial charge >= 0.3 is 5.97 Å². The van der Waals surface area contributed by atoms with Crippen LogP contribution in [0.2, 0.25) is 0 Å². The number of carbonyl (C=O) groups excluding carboxylic acids is 2. The van der Waals surface area contributed by atoms with Gasteiger partial charge in [0.05, 0.1) is 0 Å². The zero-order valence-electron chi connectivity index (χ0n) is 17.5. The van der Waals surface area contributed by atoms with Crippen LogP contribution in [0.25, 0.3) is 0 Å². The minimum atomic E-state index is -0.850. The number of rotatable bonds is 7. The van der Waals surface area contributed by atoms with E-state index >= 15 is 0 Å². The Morgan fingerprint density at radius 2 is 1.84 bits per heavy atom. The van der Waals surface area contributed by atoms with Crippen molar-refractivity contribution in [2.24, 2.45) is 0 Å². The standard InChI is InChI=1S/C22H24N6O3/c1-13-7-6-9-16(11-13)19(29)24-15(3)20(30)31-12-18-26-21(23)28-22(27-18)25-17-10-5-4-8-14(17)2/h4-11,15H,12H2,1-3H3,(H,24,29)(H3,23,25,26,27,28). The van der Waals surface area contributed by atoms with E-state index in [0.717, 1.165) is 16.8 Å². The molecule has 0 bridgehead atoms. The van der Waals surface area contributed by atoms with Gasteiger partial charge in [0.25, 0.3) is 5.91 Å². The van der Waals surface area contributed by atoms with E-state index in [-0.39, 0.29) is 30.2 Å². The number of aromatic nitrogens is 3. The van der Waals surface area contributed by atoms with Crippen molar-refractivity contribution in [3.05, 3.63) is 71.0 Å². The fraction of sp³-hybridized carbons (Fsp3) is 0.227. The number of nitrogens with one attached hydrogen (secondary N) is 2. The Hall–Kier alpha value is -4.01. The lowest BCUT2D eigenvalue weighted by Crippen LogP contribution is -2.39. The van der Waals surface area contributed by atoms with Gasteiger partial charge in [-0.2, -0.15) is 15.0 Å². The van der Waals surface area contributed by atoms with Crippen LogP contribution in [0.15, 0.2) is 48.5 Å². The van der Waals surface area contributed by atoms with Crippen molar-refractivity contribution in [1.29, 1.82) is 0 Å². The number of nitrogens with zero attached hydrogens (tertiary/aromatic N) is 3. The zero-order chi connectivity index (χ0) is 22.4. The summed E-state index contributed by atoms with van der Waals surface area (Å²) in [5, 5.41) is 5.69. The summed E-state index contributed by atoms with van der Waals surface area (Å²) in [6.07, 6.45) is 0. The monoisotopic (exact) mass is 420 g/mol. The van der Waals surface area contributed by atoms with E-state index in [4.69, 9.17) is 10.5 Å². The fourth-order valence-electron chi connectivity index (χ4n) is 2.78. The first kappa shape index (κ1) is 21.7. The summed E-state index contributed by atoms with van der Waals surface area (Å²) in [5.41, 5.74) is 9.01. The maximum absolute atomic E-state index is 12.3. The number of nitrogen functional groups attached to an aromatic ring is 1. The summed E-state index contributed by atoms with van der Waals surface area (Å²) < 4.78 is 5.24. The summed E-state index contributed by atoms with van der Waals surface area (Å²) in [4.78, 5) is 36.9. The lowest BCUT2D eigenvalue weighted by molar-refractivity contribution is -0.147. The molecular formula is C22H24N6O3. The third-order valence-electron chi connectivity index (χ3n) is 4.42. The number of anilines is 3. The van der Waals surface area contributed by atoms with Gasteiger partial charge in [-0.15, -0.1) is 0 Å². The van der Waals surface area contributed by atoms with E-state index in [1.807, 2.05) is 44.2 Å². The first-order valence-corrected chi connectivity index (χ1v) is 9.69. The van der Waals surface area contributed by atoms with Crippen LogP contribution in [0, 0.1) is 13.8 Å². The molecule has 31 heavy (non-hydrogen) atoms. The molecular weight excluding hydrogens is 396 g/mol. The van der Waals surface area contributed by atoms with Crippen molar-refractivity contribution in [1.82, 2.24) is 20.3 Å². The molecule has 1 unspecified atom stereocenters. The zero-order valence-corrected chi connectivity index (χ0v) is 17.5. The van der Waals surface area contributed by atoms with Crippen LogP contribution in [-0.4, -0.2) is 32.9 Å². The Bertz CT molecular complexity index is 1100. The number of para-hydroxylation sites is 1. The fourth-order valence-corrected chi connectivity index (χ4v) is 2.78. The Morgan fingerprint density at radius 3 is 2.58 bits per heavy atom. The second kappa shape index (κ2) is 9.66. The molecule has 1 heterocycles. The van der Waals surface area contributed by atoms with E-state index in [2.05, 4.69) is 25.6 Å². The summed E-state index contributed by atoms with van der Waals surface area (Å²) >= 11 is 0. The van der Waals surface area contributed by atoms with Gasteiger partial charge < -0.3 is 21.1 Å². The Balaban J connectivity index is 1.60. The van der Waals surface area contributed by atoms with Crippen molar-refractivity contribution in [2.45, 2.75) is 33.4 Å². The number of amides is 1. The lowest BCUT2D eigenvalue weighted by Gasteiger charge is -2.14. The molecule has 4 N–H and O–H groups in total. The van der Waals surface area contributed by atoms with Gasteiger partial charge in [-0.25, -0.2) is 4.79 Å². The molecule has 0 spiro atoms. The average molecular weight is 420 g/mol. The van der Waals surface area contributed by atoms with Gasteiger partial charge in [0.1, 0.15) is 6.04 Å². The van der Waals surface area contributed by atoms with E-state index in [9.17, 15) is 9.59 Å². The van der Waals surface area contributed by atoms with E-state index < -0.39 is 12.0 Å². The third-order valence-corrected chi connectivity index (χ3v) is 4.42. The molecule has 3 aromatic rings. The highest BCUT2D eigenvalue weighted by Crippen LogP contribution is 2.18. The van der Waals surface area contributed by atoms with Gasteiger partial charge in [0.2, 0.25) is 11.9 Å². The number of esters is 1. The number of hydrogen-bond acceptors (Lipinski definition) is 8. The second-order valence-corrected chi connectivity index (χ2v) is 7.05. The number of benzene rings is 2. The summed E-state index contributed by atoms with van der Waals surface area (Å²) in [7, 11) is 0. The topological polar surface area (TPSA) is 132 Å². The van der Waals surface area contributed by atoms with Crippen LogP contribution in [0.5, 0.6) is 0 Å². The predicted octanol–water partition coefficient (Wildman–Crippen LogP) is 2.68. The van der Waals surface area contributed by atoms with Crippen molar-refractivity contribution >= 4 is 29.5 Å². The molecule has 0 fully saturated rings. The predicted molar refractivity (Wildman–Crippen MR) is 117 cm³/mol. The Kier molecular flexibility index (Phi) is 6.76.